The van der Waals surface area contributed by atoms with Gasteiger partial charge in [0, 0.05) is 12.0 Å². The van der Waals surface area contributed by atoms with Crippen LogP contribution in [0.1, 0.15) is 23.5 Å². The van der Waals surface area contributed by atoms with Crippen molar-refractivity contribution in [3.63, 3.8) is 0 Å². The monoisotopic (exact) mass is 263 g/mol. The number of nitrogens with zero attached hydrogens (tertiary/aromatic N) is 1. The van der Waals surface area contributed by atoms with Gasteiger partial charge in [-0.05, 0) is 31.1 Å². The van der Waals surface area contributed by atoms with Crippen LogP contribution in [-0.2, 0) is 0 Å². The second-order valence-corrected chi connectivity index (χ2v) is 5.55. The van der Waals surface area contributed by atoms with Gasteiger partial charge in [0.2, 0.25) is 0 Å². The van der Waals surface area contributed by atoms with Gasteiger partial charge in [-0.1, -0.05) is 72.8 Å². The Labute approximate surface area is 121 Å². The first-order chi connectivity index (χ1) is 9.84. The Morgan fingerprint density at radius 2 is 1.60 bits per heavy atom. The van der Waals surface area contributed by atoms with Crippen molar-refractivity contribution >= 4 is 6.08 Å². The molecular weight excluding hydrogens is 242 g/mol. The molecule has 0 aliphatic carbocycles. The van der Waals surface area contributed by atoms with E-state index in [-0.39, 0.29) is 0 Å². The van der Waals surface area contributed by atoms with Crippen molar-refractivity contribution in [1.82, 2.24) is 4.90 Å². The van der Waals surface area contributed by atoms with Crippen molar-refractivity contribution in [3.8, 4) is 0 Å². The predicted molar refractivity (Wildman–Crippen MR) is 85.7 cm³/mol. The van der Waals surface area contributed by atoms with Crippen LogP contribution in [0.2, 0.25) is 0 Å². The molecule has 1 heteroatoms. The Bertz CT molecular complexity index is 559. The first kappa shape index (κ1) is 13.1. The summed E-state index contributed by atoms with van der Waals surface area (Å²) in [5, 5.41) is 0. The number of hydrogen-bond acceptors (Lipinski definition) is 1. The van der Waals surface area contributed by atoms with E-state index >= 15 is 0 Å². The summed E-state index contributed by atoms with van der Waals surface area (Å²) in [4.78, 5) is 2.46. The van der Waals surface area contributed by atoms with E-state index in [1.807, 2.05) is 0 Å². The van der Waals surface area contributed by atoms with Gasteiger partial charge in [-0.25, -0.2) is 0 Å². The van der Waals surface area contributed by atoms with Gasteiger partial charge in [-0.15, -0.1) is 0 Å². The third kappa shape index (κ3) is 2.83. The Kier molecular flexibility index (Phi) is 3.98. The molecule has 1 aliphatic heterocycles. The van der Waals surface area contributed by atoms with Crippen molar-refractivity contribution in [2.24, 2.45) is 0 Å². The summed E-state index contributed by atoms with van der Waals surface area (Å²) in [6.07, 6.45) is 5.85. The Morgan fingerprint density at radius 1 is 0.950 bits per heavy atom. The molecular formula is C19H21N. The van der Waals surface area contributed by atoms with Gasteiger partial charge in [0.05, 0.1) is 0 Å². The van der Waals surface area contributed by atoms with Crippen LogP contribution >= 0.6 is 0 Å². The van der Waals surface area contributed by atoms with Crippen LogP contribution in [0, 0.1) is 0 Å². The van der Waals surface area contributed by atoms with Crippen molar-refractivity contribution in [2.75, 3.05) is 13.6 Å². The molecule has 1 nitrogen and oxygen atoms in total. The maximum absolute atomic E-state index is 2.46. The molecule has 20 heavy (non-hydrogen) atoms. The van der Waals surface area contributed by atoms with Crippen molar-refractivity contribution in [3.05, 3.63) is 77.9 Å². The van der Waals surface area contributed by atoms with Crippen molar-refractivity contribution in [1.29, 1.82) is 0 Å². The van der Waals surface area contributed by atoms with Crippen LogP contribution in [0.4, 0.5) is 0 Å². The molecule has 0 spiro atoms. The molecule has 102 valence electrons. The lowest BCUT2D eigenvalue weighted by molar-refractivity contribution is 0.347. The highest BCUT2D eigenvalue weighted by Gasteiger charge is 2.30. The Hall–Kier alpha value is -1.86. The zero-order valence-corrected chi connectivity index (χ0v) is 11.9. The number of benzene rings is 2. The van der Waals surface area contributed by atoms with Gasteiger partial charge >= 0.3 is 0 Å². The number of likely N-dealkylation sites (N-methyl/N-ethyl adjacent to an activating group) is 1. The normalized spacial score (nSPS) is 23.4. The molecule has 2 atom stereocenters. The molecule has 0 unspecified atom stereocenters. The Morgan fingerprint density at radius 3 is 2.30 bits per heavy atom. The van der Waals surface area contributed by atoms with E-state index in [0.29, 0.717) is 12.0 Å². The topological polar surface area (TPSA) is 3.24 Å². The lowest BCUT2D eigenvalue weighted by atomic mass is 9.91. The molecule has 1 aliphatic rings. The maximum Gasteiger partial charge on any atom is 0.0347 e. The Balaban J connectivity index is 1.81. The molecule has 0 radical (unpaired) electrons. The van der Waals surface area contributed by atoms with Gasteiger partial charge in [-0.3, -0.25) is 4.90 Å². The third-order valence-corrected chi connectivity index (χ3v) is 4.23. The van der Waals surface area contributed by atoms with Crippen molar-refractivity contribution in [2.45, 2.75) is 18.4 Å². The van der Waals surface area contributed by atoms with E-state index in [2.05, 4.69) is 84.8 Å². The summed E-state index contributed by atoms with van der Waals surface area (Å²) >= 11 is 0. The average Bonchev–Trinajstić information content (AvgIpc) is 2.88. The molecule has 2 aromatic carbocycles. The minimum Gasteiger partial charge on any atom is -0.299 e. The van der Waals surface area contributed by atoms with Gasteiger partial charge in [0.25, 0.3) is 0 Å². The van der Waals surface area contributed by atoms with E-state index in [0.717, 1.165) is 0 Å². The fraction of sp³-hybridized carbons (Fsp3) is 0.263. The quantitative estimate of drug-likeness (QED) is 0.802. The lowest BCUT2D eigenvalue weighted by Crippen LogP contribution is -2.26. The fourth-order valence-electron chi connectivity index (χ4n) is 3.09. The second kappa shape index (κ2) is 6.06. The second-order valence-electron chi connectivity index (χ2n) is 5.55. The van der Waals surface area contributed by atoms with E-state index in [9.17, 15) is 0 Å². The number of hydrogen-bond donors (Lipinski definition) is 0. The average molecular weight is 263 g/mol. The van der Waals surface area contributed by atoms with E-state index < -0.39 is 0 Å². The van der Waals surface area contributed by atoms with Crippen LogP contribution in [0.3, 0.4) is 0 Å². The zero-order valence-electron chi connectivity index (χ0n) is 11.9. The highest BCUT2D eigenvalue weighted by molar-refractivity contribution is 5.50. The number of rotatable bonds is 3. The molecule has 2 aromatic rings. The highest BCUT2D eigenvalue weighted by Crippen LogP contribution is 2.33. The summed E-state index contributed by atoms with van der Waals surface area (Å²) in [7, 11) is 2.23. The van der Waals surface area contributed by atoms with Crippen LogP contribution in [-0.4, -0.2) is 24.5 Å². The van der Waals surface area contributed by atoms with Crippen LogP contribution < -0.4 is 0 Å². The summed E-state index contributed by atoms with van der Waals surface area (Å²) in [5.74, 6) is 0.612. The van der Waals surface area contributed by atoms with Crippen LogP contribution in [0.15, 0.2) is 66.7 Å². The predicted octanol–water partition coefficient (Wildman–Crippen LogP) is 4.19. The molecule has 1 fully saturated rings. The summed E-state index contributed by atoms with van der Waals surface area (Å²) in [6.45, 7) is 1.17. The summed E-state index contributed by atoms with van der Waals surface area (Å²) < 4.78 is 0. The highest BCUT2D eigenvalue weighted by atomic mass is 15.1. The summed E-state index contributed by atoms with van der Waals surface area (Å²) in [6, 6.07) is 21.9. The molecule has 0 bridgehead atoms. The summed E-state index contributed by atoms with van der Waals surface area (Å²) in [5.41, 5.74) is 2.74. The molecule has 1 heterocycles. The smallest absolute Gasteiger partial charge is 0.0347 e. The largest absolute Gasteiger partial charge is 0.299 e. The van der Waals surface area contributed by atoms with E-state index in [1.165, 1.54) is 24.1 Å². The SMILES string of the molecule is CN1CC[C@H](c2ccccc2)[C@H]1/C=C/c1ccccc1. The first-order valence-corrected chi connectivity index (χ1v) is 7.33. The number of likely N-dealkylation sites (tertiary alicyclic amines) is 1. The molecule has 0 aromatic heterocycles. The third-order valence-electron chi connectivity index (χ3n) is 4.23. The van der Waals surface area contributed by atoms with Gasteiger partial charge in [0.1, 0.15) is 0 Å². The molecule has 0 N–H and O–H groups in total. The molecule has 3 rings (SSSR count). The van der Waals surface area contributed by atoms with E-state index in [1.54, 1.807) is 0 Å². The van der Waals surface area contributed by atoms with Crippen LogP contribution in [0.25, 0.3) is 6.08 Å². The first-order valence-electron chi connectivity index (χ1n) is 7.33. The minimum atomic E-state index is 0.498. The molecule has 0 saturated carbocycles. The van der Waals surface area contributed by atoms with Crippen molar-refractivity contribution < 1.29 is 0 Å². The van der Waals surface area contributed by atoms with Crippen LogP contribution in [0.5, 0.6) is 0 Å². The van der Waals surface area contributed by atoms with Gasteiger partial charge in [0.15, 0.2) is 0 Å². The molecule has 0 amide bonds. The minimum absolute atomic E-state index is 0.498. The lowest BCUT2D eigenvalue weighted by Gasteiger charge is -2.22. The standard InChI is InChI=1S/C19H21N/c1-20-15-14-18(17-10-6-3-7-11-17)19(20)13-12-16-8-4-2-5-9-16/h2-13,18-19H,14-15H2,1H3/b13-12+/t18-,19-/m1/s1. The zero-order chi connectivity index (χ0) is 13.8. The van der Waals surface area contributed by atoms with E-state index in [4.69, 9.17) is 0 Å². The fourth-order valence-corrected chi connectivity index (χ4v) is 3.09. The van der Waals surface area contributed by atoms with Gasteiger partial charge in [-0.2, -0.15) is 0 Å². The molecule has 1 saturated heterocycles. The maximum atomic E-state index is 2.46. The van der Waals surface area contributed by atoms with Gasteiger partial charge < -0.3 is 0 Å².